The number of aryl methyl sites for hydroxylation is 1. The second-order valence-electron chi connectivity index (χ2n) is 9.60. The topological polar surface area (TPSA) is 61.1 Å². The summed E-state index contributed by atoms with van der Waals surface area (Å²) in [5, 5.41) is 4.45. The number of hydrogen-bond donors (Lipinski definition) is 0. The smallest absolute Gasteiger partial charge is 0.244 e. The summed E-state index contributed by atoms with van der Waals surface area (Å²) in [7, 11) is 1.64. The third-order valence-corrected chi connectivity index (χ3v) is 6.98. The molecule has 1 saturated heterocycles. The van der Waals surface area contributed by atoms with Crippen molar-refractivity contribution in [1.29, 1.82) is 0 Å². The Morgan fingerprint density at radius 3 is 2.86 bits per heavy atom. The Hall–Kier alpha value is -3.88. The molecule has 0 saturated carbocycles. The lowest BCUT2D eigenvalue weighted by Gasteiger charge is -2.44. The molecule has 0 N–H and O–H groups in total. The van der Waals surface area contributed by atoms with Crippen LogP contribution < -0.4 is 9.47 Å². The largest absolute Gasteiger partial charge is 0.495 e. The van der Waals surface area contributed by atoms with Crippen LogP contribution in [0, 0.1) is 24.5 Å². The lowest BCUT2D eigenvalue weighted by molar-refractivity contribution is -0.131. The molecule has 1 aromatic heterocycles. The number of aromatic nitrogens is 2. The Bertz CT molecular complexity index is 1420. The number of methoxy groups -OCH3 is 1. The van der Waals surface area contributed by atoms with Gasteiger partial charge in [-0.2, -0.15) is 0 Å². The summed E-state index contributed by atoms with van der Waals surface area (Å²) in [5.74, 6) is 0.287. The SMILES string of the molecule is COc1cc(/C=C2\C[C@@H](C)CN3C2=NO[C@@]32CCOc3c(F)cc(F)cc32)ccc1-n1cnc(C)c1. The molecule has 6 rings (SSSR count). The van der Waals surface area contributed by atoms with Crippen LogP contribution in [0.25, 0.3) is 11.8 Å². The molecule has 7 nitrogen and oxygen atoms in total. The van der Waals surface area contributed by atoms with Crippen molar-refractivity contribution in [2.75, 3.05) is 20.3 Å². The molecule has 9 heteroatoms. The van der Waals surface area contributed by atoms with Gasteiger partial charge in [0.15, 0.2) is 17.4 Å². The van der Waals surface area contributed by atoms with E-state index >= 15 is 0 Å². The first kappa shape index (κ1) is 22.6. The molecule has 3 aliphatic heterocycles. The van der Waals surface area contributed by atoms with Crippen molar-refractivity contribution in [2.45, 2.75) is 32.4 Å². The van der Waals surface area contributed by atoms with Crippen LogP contribution in [0.4, 0.5) is 8.78 Å². The molecule has 0 bridgehead atoms. The number of oxime groups is 1. The molecule has 0 amide bonds. The molecule has 2 atom stereocenters. The van der Waals surface area contributed by atoms with Gasteiger partial charge in [0.2, 0.25) is 5.72 Å². The van der Waals surface area contributed by atoms with Gasteiger partial charge in [-0.25, -0.2) is 13.8 Å². The first-order valence-corrected chi connectivity index (χ1v) is 11.9. The summed E-state index contributed by atoms with van der Waals surface area (Å²) in [6.07, 6.45) is 6.97. The van der Waals surface area contributed by atoms with Crippen molar-refractivity contribution >= 4 is 11.9 Å². The van der Waals surface area contributed by atoms with E-state index in [1.54, 1.807) is 13.4 Å². The molecule has 1 spiro atoms. The van der Waals surface area contributed by atoms with Gasteiger partial charge >= 0.3 is 0 Å². The summed E-state index contributed by atoms with van der Waals surface area (Å²) in [6, 6.07) is 8.11. The van der Waals surface area contributed by atoms with E-state index in [4.69, 9.17) is 14.3 Å². The number of nitrogens with zero attached hydrogens (tertiary/aromatic N) is 4. The van der Waals surface area contributed by atoms with Crippen molar-refractivity contribution in [2.24, 2.45) is 11.1 Å². The highest BCUT2D eigenvalue weighted by molar-refractivity contribution is 6.03. The zero-order valence-corrected chi connectivity index (χ0v) is 20.3. The van der Waals surface area contributed by atoms with Gasteiger partial charge in [-0.05, 0) is 54.7 Å². The molecule has 0 unspecified atom stereocenters. The number of ether oxygens (including phenoxy) is 2. The van der Waals surface area contributed by atoms with Crippen LogP contribution in [-0.2, 0) is 10.6 Å². The third kappa shape index (κ3) is 3.53. The molecule has 2 aromatic carbocycles. The molecule has 3 aliphatic rings. The zero-order valence-electron chi connectivity index (χ0n) is 20.3. The number of halogens is 2. The van der Waals surface area contributed by atoms with E-state index in [1.807, 2.05) is 40.8 Å². The van der Waals surface area contributed by atoms with Gasteiger partial charge in [-0.15, -0.1) is 0 Å². The number of imidazole rings is 1. The van der Waals surface area contributed by atoms with Crippen molar-refractivity contribution in [3.8, 4) is 17.2 Å². The Balaban J connectivity index is 1.38. The van der Waals surface area contributed by atoms with E-state index in [-0.39, 0.29) is 18.3 Å². The molecule has 36 heavy (non-hydrogen) atoms. The van der Waals surface area contributed by atoms with Crippen LogP contribution in [0.15, 0.2) is 53.6 Å². The maximum absolute atomic E-state index is 14.6. The van der Waals surface area contributed by atoms with Crippen molar-refractivity contribution < 1.29 is 23.1 Å². The van der Waals surface area contributed by atoms with Gasteiger partial charge in [-0.3, -0.25) is 0 Å². The van der Waals surface area contributed by atoms with E-state index in [2.05, 4.69) is 23.1 Å². The molecule has 4 heterocycles. The van der Waals surface area contributed by atoms with Crippen LogP contribution in [0.2, 0.25) is 0 Å². The second kappa shape index (κ2) is 8.36. The number of piperidine rings is 1. The second-order valence-corrected chi connectivity index (χ2v) is 9.60. The Morgan fingerprint density at radius 2 is 2.08 bits per heavy atom. The van der Waals surface area contributed by atoms with Crippen LogP contribution >= 0.6 is 0 Å². The number of benzene rings is 2. The monoisotopic (exact) mass is 492 g/mol. The summed E-state index contributed by atoms with van der Waals surface area (Å²) in [4.78, 5) is 12.4. The molecule has 3 aromatic rings. The van der Waals surface area contributed by atoms with Crippen molar-refractivity contribution in [3.63, 3.8) is 0 Å². The first-order chi connectivity index (χ1) is 17.4. The van der Waals surface area contributed by atoms with E-state index < -0.39 is 17.4 Å². The molecule has 0 radical (unpaired) electrons. The van der Waals surface area contributed by atoms with Gasteiger partial charge in [0.25, 0.3) is 0 Å². The fourth-order valence-corrected chi connectivity index (χ4v) is 5.37. The van der Waals surface area contributed by atoms with Crippen LogP contribution in [-0.4, -0.2) is 40.5 Å². The molecule has 186 valence electrons. The van der Waals surface area contributed by atoms with E-state index in [1.165, 1.54) is 6.07 Å². The maximum Gasteiger partial charge on any atom is 0.244 e. The average molecular weight is 493 g/mol. The highest BCUT2D eigenvalue weighted by Gasteiger charge is 2.54. The average Bonchev–Trinajstić information content (AvgIpc) is 3.44. The standard InChI is InChI=1S/C27H26F2N4O3/c1-16-8-19(9-18-4-5-23(24(10-18)34-3)32-14-17(2)30-15-32)26-31-36-27(33(26)13-16)6-7-35-25-21(27)11-20(28)12-22(25)29/h4-5,9-12,14-16H,6-8,13H2,1-3H3/b19-9+/t16-,27-/m1/s1. The minimum Gasteiger partial charge on any atom is -0.495 e. The van der Waals surface area contributed by atoms with E-state index in [0.29, 0.717) is 30.1 Å². The highest BCUT2D eigenvalue weighted by atomic mass is 19.1. The van der Waals surface area contributed by atoms with Gasteiger partial charge in [0.05, 0.1) is 37.0 Å². The van der Waals surface area contributed by atoms with Crippen LogP contribution in [0.1, 0.15) is 36.6 Å². The number of hydrogen-bond acceptors (Lipinski definition) is 6. The van der Waals surface area contributed by atoms with Crippen molar-refractivity contribution in [3.05, 3.63) is 76.9 Å². The van der Waals surface area contributed by atoms with Gasteiger partial charge in [0.1, 0.15) is 11.6 Å². The first-order valence-electron chi connectivity index (χ1n) is 11.9. The molecule has 1 fully saturated rings. The Labute approximate surface area is 207 Å². The minimum atomic E-state index is -1.10. The van der Waals surface area contributed by atoms with Crippen LogP contribution in [0.5, 0.6) is 11.5 Å². The predicted molar refractivity (Wildman–Crippen MR) is 130 cm³/mol. The van der Waals surface area contributed by atoms with Gasteiger partial charge < -0.3 is 23.8 Å². The maximum atomic E-state index is 14.6. The fraction of sp³-hybridized carbons (Fsp3) is 0.333. The van der Waals surface area contributed by atoms with E-state index in [9.17, 15) is 8.78 Å². The Kier molecular flexibility index (Phi) is 5.24. The van der Waals surface area contributed by atoms with Crippen molar-refractivity contribution in [1.82, 2.24) is 14.5 Å². The molecular weight excluding hydrogens is 466 g/mol. The number of fused-ring (bicyclic) bond motifs is 4. The van der Waals surface area contributed by atoms with Gasteiger partial charge in [-0.1, -0.05) is 18.1 Å². The number of amidine groups is 1. The lowest BCUT2D eigenvalue weighted by Crippen LogP contribution is -2.53. The summed E-state index contributed by atoms with van der Waals surface area (Å²) >= 11 is 0. The summed E-state index contributed by atoms with van der Waals surface area (Å²) < 4.78 is 42.0. The fourth-order valence-electron chi connectivity index (χ4n) is 5.37. The summed E-state index contributed by atoms with van der Waals surface area (Å²) in [5.41, 5.74) is 2.98. The third-order valence-electron chi connectivity index (χ3n) is 6.98. The van der Waals surface area contributed by atoms with Crippen LogP contribution in [0.3, 0.4) is 0 Å². The zero-order chi connectivity index (χ0) is 25.0. The number of rotatable bonds is 3. The molecule has 0 aliphatic carbocycles. The highest BCUT2D eigenvalue weighted by Crippen LogP contribution is 2.49. The van der Waals surface area contributed by atoms with E-state index in [0.717, 1.165) is 35.0 Å². The minimum absolute atomic E-state index is 0.0259. The Morgan fingerprint density at radius 1 is 1.22 bits per heavy atom. The summed E-state index contributed by atoms with van der Waals surface area (Å²) in [6.45, 7) is 4.98. The molecular formula is C27H26F2N4O3. The normalized spacial score (nSPS) is 23.7. The predicted octanol–water partition coefficient (Wildman–Crippen LogP) is 5.17. The van der Waals surface area contributed by atoms with Gasteiger partial charge in [0, 0.05) is 25.2 Å². The quantitative estimate of drug-likeness (QED) is 0.505. The lowest BCUT2D eigenvalue weighted by atomic mass is 9.87.